The molecule has 0 aromatic heterocycles. The molecule has 2 saturated carbocycles. The van der Waals surface area contributed by atoms with Crippen LogP contribution in [0.1, 0.15) is 69.8 Å². The molecule has 3 rings (SSSR count). The number of ether oxygens (including phenoxy) is 1. The zero-order valence-electron chi connectivity index (χ0n) is 16.8. The highest BCUT2D eigenvalue weighted by molar-refractivity contribution is 5.71. The maximum atomic E-state index is 12.6. The molecule has 0 amide bonds. The lowest BCUT2D eigenvalue weighted by atomic mass is 9.79. The zero-order chi connectivity index (χ0) is 21.1. The van der Waals surface area contributed by atoms with E-state index in [1.54, 1.807) is 13.0 Å². The number of halogens is 3. The van der Waals surface area contributed by atoms with Crippen LogP contribution in [-0.2, 0) is 4.79 Å². The Balaban J connectivity index is 1.73. The predicted octanol–water partition coefficient (Wildman–Crippen LogP) is 6.70. The third-order valence-corrected chi connectivity index (χ3v) is 6.76. The summed E-state index contributed by atoms with van der Waals surface area (Å²) < 4.78 is 41.7. The lowest BCUT2D eigenvalue weighted by Gasteiger charge is -2.25. The van der Waals surface area contributed by atoms with Crippen LogP contribution in [0.25, 0.3) is 0 Å². The minimum absolute atomic E-state index is 0.314. The number of allylic oxidation sites excluding steroid dienone is 2. The molecule has 0 aliphatic heterocycles. The third kappa shape index (κ3) is 5.55. The van der Waals surface area contributed by atoms with Crippen LogP contribution >= 0.6 is 0 Å². The normalized spacial score (nSPS) is 26.0. The number of hydrogen-bond donors (Lipinski definition) is 1. The molecule has 1 aromatic rings. The van der Waals surface area contributed by atoms with Crippen molar-refractivity contribution in [1.29, 1.82) is 0 Å². The third-order valence-electron chi connectivity index (χ3n) is 6.76. The van der Waals surface area contributed by atoms with Gasteiger partial charge in [-0.15, -0.1) is 13.2 Å². The fourth-order valence-corrected chi connectivity index (χ4v) is 5.28. The van der Waals surface area contributed by atoms with Gasteiger partial charge in [0.15, 0.2) is 0 Å². The van der Waals surface area contributed by atoms with E-state index in [0.717, 1.165) is 12.3 Å². The molecule has 2 atom stereocenters. The van der Waals surface area contributed by atoms with E-state index in [4.69, 9.17) is 0 Å². The summed E-state index contributed by atoms with van der Waals surface area (Å²) in [7, 11) is 0. The molecule has 3 nitrogen and oxygen atoms in total. The number of aliphatic carboxylic acids is 1. The highest BCUT2D eigenvalue weighted by Gasteiger charge is 2.43. The quantitative estimate of drug-likeness (QED) is 0.461. The Labute approximate surface area is 170 Å². The van der Waals surface area contributed by atoms with Gasteiger partial charge in [0.25, 0.3) is 0 Å². The van der Waals surface area contributed by atoms with Crippen molar-refractivity contribution in [1.82, 2.24) is 0 Å². The Morgan fingerprint density at radius 1 is 1.31 bits per heavy atom. The summed E-state index contributed by atoms with van der Waals surface area (Å²) in [5.41, 5.74) is 0.985. The molecule has 2 aliphatic carbocycles. The van der Waals surface area contributed by atoms with Crippen molar-refractivity contribution in [3.05, 3.63) is 42.0 Å². The van der Waals surface area contributed by atoms with Crippen LogP contribution in [0.15, 0.2) is 36.4 Å². The van der Waals surface area contributed by atoms with E-state index in [-0.39, 0.29) is 5.75 Å². The predicted molar refractivity (Wildman–Crippen MR) is 105 cm³/mol. The number of alkyl halides is 3. The largest absolute Gasteiger partial charge is 0.573 e. The molecule has 2 fully saturated rings. The highest BCUT2D eigenvalue weighted by Crippen LogP contribution is 2.56. The summed E-state index contributed by atoms with van der Waals surface area (Å²) in [5, 5.41) is 9.64. The van der Waals surface area contributed by atoms with Gasteiger partial charge in [0, 0.05) is 5.92 Å². The van der Waals surface area contributed by atoms with Gasteiger partial charge in [-0.05, 0) is 80.4 Å². The number of rotatable bonds is 9. The monoisotopic (exact) mass is 410 g/mol. The second-order valence-electron chi connectivity index (χ2n) is 8.64. The number of carbonyl (C=O) groups is 1. The molecule has 0 radical (unpaired) electrons. The molecule has 6 heteroatoms. The summed E-state index contributed by atoms with van der Waals surface area (Å²) in [5.74, 6) is -1.43. The van der Waals surface area contributed by atoms with Crippen LogP contribution < -0.4 is 4.74 Å². The second kappa shape index (κ2) is 8.80. The molecule has 2 bridgehead atoms. The van der Waals surface area contributed by atoms with Gasteiger partial charge in [-0.3, -0.25) is 4.79 Å². The molecule has 2 unspecified atom stereocenters. The standard InChI is InChI=1S/C23H29F3O3/c1-2-19(21(27)28)20(17-6-5-7-18(14-17)29-23(24,25)26)8-3-4-11-22-12-9-16(15-22)10-13-22/h3-7,14,16,19-20H,2,8-13,15H2,1H3,(H,27,28). The van der Waals surface area contributed by atoms with Gasteiger partial charge in [-0.25, -0.2) is 0 Å². The number of carboxylic acids is 1. The average Bonchev–Trinajstić information content (AvgIpc) is 3.24. The molecule has 0 saturated heterocycles. The molecule has 160 valence electrons. The summed E-state index contributed by atoms with van der Waals surface area (Å²) >= 11 is 0. The lowest BCUT2D eigenvalue weighted by molar-refractivity contribution is -0.274. The first-order valence-corrected chi connectivity index (χ1v) is 10.4. The Morgan fingerprint density at radius 2 is 2.03 bits per heavy atom. The topological polar surface area (TPSA) is 46.5 Å². The van der Waals surface area contributed by atoms with Gasteiger partial charge in [0.05, 0.1) is 5.92 Å². The van der Waals surface area contributed by atoms with E-state index in [1.165, 1.54) is 50.3 Å². The van der Waals surface area contributed by atoms with E-state index in [2.05, 4.69) is 10.8 Å². The highest BCUT2D eigenvalue weighted by atomic mass is 19.4. The summed E-state index contributed by atoms with van der Waals surface area (Å²) in [6, 6.07) is 5.72. The van der Waals surface area contributed by atoms with Gasteiger partial charge in [-0.2, -0.15) is 0 Å². The van der Waals surface area contributed by atoms with E-state index in [9.17, 15) is 23.1 Å². The first-order chi connectivity index (χ1) is 13.7. The number of benzene rings is 1. The molecule has 0 heterocycles. The number of hydrogen-bond acceptors (Lipinski definition) is 2. The van der Waals surface area contributed by atoms with Crippen molar-refractivity contribution in [2.24, 2.45) is 17.3 Å². The Kier molecular flexibility index (Phi) is 6.59. The summed E-state index contributed by atoms with van der Waals surface area (Å²) in [6.45, 7) is 1.79. The van der Waals surface area contributed by atoms with Crippen molar-refractivity contribution >= 4 is 5.97 Å². The Hall–Kier alpha value is -1.98. The van der Waals surface area contributed by atoms with Gasteiger partial charge in [-0.1, -0.05) is 31.2 Å². The molecule has 2 aliphatic rings. The van der Waals surface area contributed by atoms with Crippen LogP contribution in [-0.4, -0.2) is 17.4 Å². The van der Waals surface area contributed by atoms with Crippen LogP contribution in [0.4, 0.5) is 13.2 Å². The minimum Gasteiger partial charge on any atom is -0.481 e. The smallest absolute Gasteiger partial charge is 0.481 e. The van der Waals surface area contributed by atoms with Crippen molar-refractivity contribution in [2.45, 2.75) is 70.6 Å². The molecular weight excluding hydrogens is 381 g/mol. The Morgan fingerprint density at radius 3 is 2.59 bits per heavy atom. The molecule has 1 aromatic carbocycles. The first-order valence-electron chi connectivity index (χ1n) is 10.4. The van der Waals surface area contributed by atoms with Crippen LogP contribution in [0.2, 0.25) is 0 Å². The minimum atomic E-state index is -4.77. The van der Waals surface area contributed by atoms with E-state index >= 15 is 0 Å². The molecule has 29 heavy (non-hydrogen) atoms. The van der Waals surface area contributed by atoms with Crippen molar-refractivity contribution < 1.29 is 27.8 Å². The van der Waals surface area contributed by atoms with Gasteiger partial charge >= 0.3 is 12.3 Å². The fourth-order valence-electron chi connectivity index (χ4n) is 5.28. The van der Waals surface area contributed by atoms with Crippen LogP contribution in [0.3, 0.4) is 0 Å². The molecular formula is C23H29F3O3. The molecule has 1 N–H and O–H groups in total. The van der Waals surface area contributed by atoms with Gasteiger partial charge < -0.3 is 9.84 Å². The van der Waals surface area contributed by atoms with Crippen LogP contribution in [0.5, 0.6) is 5.75 Å². The maximum absolute atomic E-state index is 12.6. The maximum Gasteiger partial charge on any atom is 0.573 e. The summed E-state index contributed by atoms with van der Waals surface area (Å²) in [4.78, 5) is 11.8. The second-order valence-corrected chi connectivity index (χ2v) is 8.64. The van der Waals surface area contributed by atoms with Gasteiger partial charge in [0.1, 0.15) is 5.75 Å². The van der Waals surface area contributed by atoms with Crippen molar-refractivity contribution in [2.75, 3.05) is 0 Å². The van der Waals surface area contributed by atoms with E-state index in [1.807, 2.05) is 6.08 Å². The van der Waals surface area contributed by atoms with Gasteiger partial charge in [0.2, 0.25) is 0 Å². The van der Waals surface area contributed by atoms with E-state index < -0.39 is 24.2 Å². The van der Waals surface area contributed by atoms with Crippen molar-refractivity contribution in [3.63, 3.8) is 0 Å². The number of carboxylic acid groups (broad SMARTS) is 1. The number of fused-ring (bicyclic) bond motifs is 2. The Bertz CT molecular complexity index is 733. The zero-order valence-corrected chi connectivity index (χ0v) is 16.8. The first kappa shape index (κ1) is 21.7. The average molecular weight is 410 g/mol. The lowest BCUT2D eigenvalue weighted by Crippen LogP contribution is -2.22. The van der Waals surface area contributed by atoms with E-state index in [0.29, 0.717) is 23.8 Å². The fraction of sp³-hybridized carbons (Fsp3) is 0.609. The van der Waals surface area contributed by atoms with Crippen LogP contribution in [0, 0.1) is 17.3 Å². The SMILES string of the molecule is CCC(C(=O)O)C(CC=CCC12CCC(CC1)C2)c1cccc(OC(F)(F)F)c1. The summed E-state index contributed by atoms with van der Waals surface area (Å²) in [6.07, 6.45) is 7.79. The van der Waals surface area contributed by atoms with Crippen molar-refractivity contribution in [3.8, 4) is 5.75 Å². The molecule has 0 spiro atoms.